The van der Waals surface area contributed by atoms with E-state index in [1.165, 1.54) is 0 Å². The molecule has 0 aromatic heterocycles. The van der Waals surface area contributed by atoms with Gasteiger partial charge in [0.05, 0.1) is 0 Å². The van der Waals surface area contributed by atoms with Gasteiger partial charge in [0.15, 0.2) is 0 Å². The van der Waals surface area contributed by atoms with Gasteiger partial charge in [-0.1, -0.05) is 12.8 Å². The SMILES string of the molecule is [2H]CCC#CC(=O)O. The van der Waals surface area contributed by atoms with Gasteiger partial charge in [-0.2, -0.15) is 0 Å². The van der Waals surface area contributed by atoms with Crippen LogP contribution in [0.25, 0.3) is 0 Å². The number of carboxylic acid groups (broad SMARTS) is 1. The van der Waals surface area contributed by atoms with Crippen molar-refractivity contribution >= 4 is 5.97 Å². The first-order chi connectivity index (χ1) is 3.77. The molecule has 0 saturated carbocycles. The number of aliphatic carboxylic acids is 1. The minimum absolute atomic E-state index is 0.167. The molecule has 38 valence electrons. The van der Waals surface area contributed by atoms with Crippen LogP contribution in [0.4, 0.5) is 0 Å². The normalized spacial score (nSPS) is 8.29. The van der Waals surface area contributed by atoms with Crippen LogP contribution in [-0.2, 0) is 4.79 Å². The Hall–Kier alpha value is -0.970. The molecular weight excluding hydrogens is 92.1 g/mol. The van der Waals surface area contributed by atoms with Crippen LogP contribution in [0.1, 0.15) is 14.7 Å². The lowest BCUT2D eigenvalue weighted by Crippen LogP contribution is -1.85. The van der Waals surface area contributed by atoms with Gasteiger partial charge in [0.25, 0.3) is 0 Å². The van der Waals surface area contributed by atoms with Crippen LogP contribution in [0, 0.1) is 11.8 Å². The van der Waals surface area contributed by atoms with Crippen molar-refractivity contribution in [3.05, 3.63) is 0 Å². The predicted molar refractivity (Wildman–Crippen MR) is 25.7 cm³/mol. The van der Waals surface area contributed by atoms with Crippen molar-refractivity contribution in [2.24, 2.45) is 0 Å². The number of hydrogen-bond acceptors (Lipinski definition) is 1. The van der Waals surface area contributed by atoms with Crippen molar-refractivity contribution in [2.45, 2.75) is 13.3 Å². The van der Waals surface area contributed by atoms with Gasteiger partial charge in [-0.15, -0.1) is 0 Å². The molecule has 0 rings (SSSR count). The Labute approximate surface area is 43.6 Å². The molecule has 1 N–H and O–H groups in total. The highest BCUT2D eigenvalue weighted by Gasteiger charge is 1.77. The van der Waals surface area contributed by atoms with Gasteiger partial charge in [-0.3, -0.25) is 0 Å². The van der Waals surface area contributed by atoms with Gasteiger partial charge >= 0.3 is 5.97 Å². The molecule has 0 spiro atoms. The van der Waals surface area contributed by atoms with E-state index < -0.39 is 5.97 Å². The summed E-state index contributed by atoms with van der Waals surface area (Å²) in [5.41, 5.74) is 0. The first-order valence-corrected chi connectivity index (χ1v) is 1.78. The van der Waals surface area contributed by atoms with Gasteiger partial charge in [-0.05, 0) is 0 Å². The van der Waals surface area contributed by atoms with Gasteiger partial charge in [0.2, 0.25) is 0 Å². The van der Waals surface area contributed by atoms with E-state index >= 15 is 0 Å². The molecule has 0 aliphatic heterocycles. The maximum atomic E-state index is 9.64. The maximum Gasteiger partial charge on any atom is 0.381 e. The number of rotatable bonds is 0. The Balaban J connectivity index is 3.35. The molecule has 2 nitrogen and oxygen atoms in total. The average molecular weight is 99.1 g/mol. The fraction of sp³-hybridized carbons (Fsp3) is 0.400. The second-order valence-electron chi connectivity index (χ2n) is 0.857. The topological polar surface area (TPSA) is 37.3 Å². The summed E-state index contributed by atoms with van der Waals surface area (Å²) >= 11 is 0. The van der Waals surface area contributed by atoms with Crippen molar-refractivity contribution in [1.82, 2.24) is 0 Å². The van der Waals surface area contributed by atoms with Crippen LogP contribution < -0.4 is 0 Å². The zero-order chi connectivity index (χ0) is 6.41. The molecule has 2 heteroatoms. The highest BCUT2D eigenvalue weighted by atomic mass is 16.4. The summed E-state index contributed by atoms with van der Waals surface area (Å²) in [5, 5.41) is 7.91. The fourth-order valence-electron chi connectivity index (χ4n) is 0.138. The van der Waals surface area contributed by atoms with Crippen LogP contribution in [0.3, 0.4) is 0 Å². The van der Waals surface area contributed by atoms with Crippen LogP contribution in [0.2, 0.25) is 0 Å². The zero-order valence-corrected chi connectivity index (χ0v) is 3.77. The molecule has 0 saturated heterocycles. The molecule has 0 bridgehead atoms. The van der Waals surface area contributed by atoms with E-state index in [9.17, 15) is 4.79 Å². The quantitative estimate of drug-likeness (QED) is 0.448. The summed E-state index contributed by atoms with van der Waals surface area (Å²) in [6.45, 7) is 0.167. The van der Waals surface area contributed by atoms with Gasteiger partial charge in [-0.25, -0.2) is 4.79 Å². The van der Waals surface area contributed by atoms with E-state index in [2.05, 4.69) is 5.92 Å². The molecule has 0 aromatic rings. The van der Waals surface area contributed by atoms with E-state index in [4.69, 9.17) is 6.48 Å². The van der Waals surface area contributed by atoms with E-state index in [0.717, 1.165) is 0 Å². The van der Waals surface area contributed by atoms with Gasteiger partial charge < -0.3 is 5.11 Å². The third-order valence-electron chi connectivity index (χ3n) is 0.320. The Kier molecular flexibility index (Phi) is 1.94. The summed E-state index contributed by atoms with van der Waals surface area (Å²) in [4.78, 5) is 9.64. The average Bonchev–Trinajstić information content (AvgIpc) is 1.66. The Bertz CT molecular complexity index is 131. The third kappa shape index (κ3) is 5.03. The van der Waals surface area contributed by atoms with Crippen molar-refractivity contribution in [1.29, 1.82) is 0 Å². The highest BCUT2D eigenvalue weighted by molar-refractivity contribution is 5.86. The lowest BCUT2D eigenvalue weighted by atomic mass is 10.5. The molecular formula is C5H6O2. The fourth-order valence-corrected chi connectivity index (χ4v) is 0.138. The third-order valence-corrected chi connectivity index (χ3v) is 0.320. The van der Waals surface area contributed by atoms with Crippen molar-refractivity contribution in [3.63, 3.8) is 0 Å². The predicted octanol–water partition coefficient (Wildman–Crippen LogP) is 0.484. The van der Waals surface area contributed by atoms with E-state index in [1.54, 1.807) is 0 Å². The van der Waals surface area contributed by atoms with E-state index in [-0.39, 0.29) is 6.90 Å². The second-order valence-corrected chi connectivity index (χ2v) is 0.857. The van der Waals surface area contributed by atoms with Crippen molar-refractivity contribution in [3.8, 4) is 11.8 Å². The maximum absolute atomic E-state index is 9.64. The molecule has 0 radical (unpaired) electrons. The molecule has 0 fully saturated rings. The number of carboxylic acids is 1. The minimum atomic E-state index is -1.13. The number of carbonyl (C=O) groups is 1. The van der Waals surface area contributed by atoms with Crippen LogP contribution in [0.15, 0.2) is 0 Å². The lowest BCUT2D eigenvalue weighted by Gasteiger charge is -1.67. The summed E-state index contributed by atoms with van der Waals surface area (Å²) in [6, 6.07) is 0. The highest BCUT2D eigenvalue weighted by Crippen LogP contribution is 1.65. The molecule has 0 unspecified atom stereocenters. The molecule has 0 aromatic carbocycles. The van der Waals surface area contributed by atoms with Crippen LogP contribution in [0.5, 0.6) is 0 Å². The van der Waals surface area contributed by atoms with Crippen molar-refractivity contribution < 1.29 is 11.3 Å². The van der Waals surface area contributed by atoms with Gasteiger partial charge in [0.1, 0.15) is 0 Å². The monoisotopic (exact) mass is 99.0 g/mol. The molecule has 7 heavy (non-hydrogen) atoms. The summed E-state index contributed by atoms with van der Waals surface area (Å²) < 4.78 is 6.55. The van der Waals surface area contributed by atoms with Crippen LogP contribution in [-0.4, -0.2) is 11.1 Å². The van der Waals surface area contributed by atoms with E-state index in [0.29, 0.717) is 6.42 Å². The lowest BCUT2D eigenvalue weighted by molar-refractivity contribution is -0.130. The largest absolute Gasteiger partial charge is 0.472 e. The molecule has 0 heterocycles. The first kappa shape index (κ1) is 4.20. The summed E-state index contributed by atoms with van der Waals surface area (Å²) in [6.07, 6.45) is 0.340. The smallest absolute Gasteiger partial charge is 0.381 e. The standard InChI is InChI=1S/C5H6O2/c1-2-3-4-5(6)7/h2H2,1H3,(H,6,7)/i1D. The van der Waals surface area contributed by atoms with E-state index in [1.807, 2.05) is 5.92 Å². The van der Waals surface area contributed by atoms with Crippen molar-refractivity contribution in [2.75, 3.05) is 0 Å². The number of hydrogen-bond donors (Lipinski definition) is 1. The Morgan fingerprint density at radius 3 is 3.29 bits per heavy atom. The van der Waals surface area contributed by atoms with Crippen LogP contribution >= 0.6 is 0 Å². The minimum Gasteiger partial charge on any atom is -0.472 e. The summed E-state index contributed by atoms with van der Waals surface area (Å²) in [5.74, 6) is 3.06. The second kappa shape index (κ2) is 3.23. The summed E-state index contributed by atoms with van der Waals surface area (Å²) in [7, 11) is 0. The molecule has 0 aliphatic rings. The zero-order valence-electron chi connectivity index (χ0n) is 4.77. The Morgan fingerprint density at radius 2 is 2.86 bits per heavy atom. The molecule has 0 amide bonds. The molecule has 0 atom stereocenters. The van der Waals surface area contributed by atoms with Gasteiger partial charge in [0, 0.05) is 13.7 Å². The molecule has 0 aliphatic carbocycles. The Morgan fingerprint density at radius 1 is 2.14 bits per heavy atom. The first-order valence-electron chi connectivity index (χ1n) is 2.49.